The second kappa shape index (κ2) is 6.73. The Balaban J connectivity index is 2.85. The van der Waals surface area contributed by atoms with E-state index < -0.39 is 0 Å². The third-order valence-electron chi connectivity index (χ3n) is 2.65. The molecule has 0 atom stereocenters. The normalized spacial score (nSPS) is 10.7. The van der Waals surface area contributed by atoms with Crippen molar-refractivity contribution < 1.29 is 19.4 Å². The van der Waals surface area contributed by atoms with Gasteiger partial charge in [0, 0.05) is 0 Å². The molecule has 102 valence electrons. The Morgan fingerprint density at radius 1 is 1.37 bits per heavy atom. The maximum Gasteiger partial charge on any atom is 0.309 e. The number of Topliss-reactive ketones (excluding diaryl/α,β-unsaturated/α-hetero) is 1. The van der Waals surface area contributed by atoms with Crippen LogP contribution in [0, 0.1) is 6.92 Å². The van der Waals surface area contributed by atoms with Crippen LogP contribution in [0.15, 0.2) is 18.2 Å². The van der Waals surface area contributed by atoms with Crippen LogP contribution in [0.5, 0.6) is 5.75 Å². The van der Waals surface area contributed by atoms with Crippen LogP contribution in [0.25, 0.3) is 6.08 Å². The molecule has 0 fully saturated rings. The minimum atomic E-state index is -0.291. The summed E-state index contributed by atoms with van der Waals surface area (Å²) >= 11 is 0. The Bertz CT molecular complexity index is 515. The van der Waals surface area contributed by atoms with E-state index >= 15 is 0 Å². The van der Waals surface area contributed by atoms with Gasteiger partial charge in [0.15, 0.2) is 5.78 Å². The topological polar surface area (TPSA) is 63.6 Å². The van der Waals surface area contributed by atoms with E-state index in [2.05, 4.69) is 0 Å². The van der Waals surface area contributed by atoms with Crippen molar-refractivity contribution >= 4 is 17.8 Å². The maximum atomic E-state index is 11.3. The summed E-state index contributed by atoms with van der Waals surface area (Å²) in [5.41, 5.74) is 1.94. The number of rotatable bonds is 5. The maximum absolute atomic E-state index is 11.3. The third kappa shape index (κ3) is 4.25. The summed E-state index contributed by atoms with van der Waals surface area (Å²) in [6.07, 6.45) is 3.59. The van der Waals surface area contributed by atoms with Crippen LogP contribution in [-0.4, -0.2) is 23.5 Å². The van der Waals surface area contributed by atoms with Crippen molar-refractivity contribution in [3.63, 3.8) is 0 Å². The molecule has 0 aliphatic rings. The van der Waals surface area contributed by atoms with Crippen molar-refractivity contribution in [1.82, 2.24) is 0 Å². The summed E-state index contributed by atoms with van der Waals surface area (Å²) in [6, 6.07) is 3.16. The first-order valence-electron chi connectivity index (χ1n) is 6.12. The molecule has 0 unspecified atom stereocenters. The Hall–Kier alpha value is -2.10. The average molecular weight is 262 g/mol. The van der Waals surface area contributed by atoms with Crippen LogP contribution in [0.4, 0.5) is 0 Å². The first kappa shape index (κ1) is 15.0. The Labute approximate surface area is 112 Å². The minimum absolute atomic E-state index is 0.0473. The molecule has 1 rings (SSSR count). The molecule has 0 bridgehead atoms. The van der Waals surface area contributed by atoms with E-state index in [0.717, 1.165) is 11.1 Å². The van der Waals surface area contributed by atoms with Crippen LogP contribution >= 0.6 is 0 Å². The van der Waals surface area contributed by atoms with E-state index in [4.69, 9.17) is 4.74 Å². The average Bonchev–Trinajstić information content (AvgIpc) is 2.33. The molecule has 0 saturated carbocycles. The summed E-state index contributed by atoms with van der Waals surface area (Å²) in [5.74, 6) is -0.516. The quantitative estimate of drug-likeness (QED) is 0.654. The van der Waals surface area contributed by atoms with Gasteiger partial charge in [0.05, 0.1) is 18.6 Å². The smallest absolute Gasteiger partial charge is 0.309 e. The monoisotopic (exact) mass is 262 g/mol. The number of esters is 1. The van der Waals surface area contributed by atoms with Crippen molar-refractivity contribution in [2.75, 3.05) is 6.61 Å². The number of hydrogen-bond donors (Lipinski definition) is 1. The van der Waals surface area contributed by atoms with Crippen LogP contribution < -0.4 is 0 Å². The van der Waals surface area contributed by atoms with Crippen molar-refractivity contribution in [3.8, 4) is 5.75 Å². The van der Waals surface area contributed by atoms with E-state index in [1.165, 1.54) is 13.0 Å². The molecule has 0 aliphatic heterocycles. The molecule has 0 aromatic heterocycles. The second-order valence-electron chi connectivity index (χ2n) is 4.19. The summed E-state index contributed by atoms with van der Waals surface area (Å²) in [4.78, 5) is 22.4. The molecular formula is C15H18O4. The molecular weight excluding hydrogens is 244 g/mol. The highest BCUT2D eigenvalue weighted by Gasteiger charge is 2.08. The highest BCUT2D eigenvalue weighted by Crippen LogP contribution is 2.23. The number of benzene rings is 1. The number of ketones is 1. The third-order valence-corrected chi connectivity index (χ3v) is 2.65. The van der Waals surface area contributed by atoms with Gasteiger partial charge in [-0.3, -0.25) is 9.59 Å². The van der Waals surface area contributed by atoms with Crippen molar-refractivity contribution in [1.29, 1.82) is 0 Å². The van der Waals surface area contributed by atoms with Gasteiger partial charge in [-0.05, 0) is 44.0 Å². The first-order chi connectivity index (χ1) is 8.95. The highest BCUT2D eigenvalue weighted by atomic mass is 16.5. The summed E-state index contributed by atoms with van der Waals surface area (Å²) in [6.45, 7) is 5.37. The molecule has 0 amide bonds. The zero-order valence-corrected chi connectivity index (χ0v) is 11.4. The summed E-state index contributed by atoms with van der Waals surface area (Å²) in [7, 11) is 0. The lowest BCUT2D eigenvalue weighted by Crippen LogP contribution is -2.01. The van der Waals surface area contributed by atoms with E-state index in [1.807, 2.05) is 6.92 Å². The largest absolute Gasteiger partial charge is 0.507 e. The van der Waals surface area contributed by atoms with Gasteiger partial charge in [-0.25, -0.2) is 0 Å². The molecule has 1 aromatic rings. The van der Waals surface area contributed by atoms with E-state index in [-0.39, 0.29) is 23.9 Å². The lowest BCUT2D eigenvalue weighted by molar-refractivity contribution is -0.142. The molecule has 0 aliphatic carbocycles. The highest BCUT2D eigenvalue weighted by molar-refractivity contribution is 5.97. The van der Waals surface area contributed by atoms with Crippen LogP contribution in [-0.2, 0) is 9.53 Å². The fourth-order valence-corrected chi connectivity index (χ4v) is 1.68. The number of carbonyl (C=O) groups excluding carboxylic acids is 2. The predicted molar refractivity (Wildman–Crippen MR) is 73.1 cm³/mol. The number of carbonyl (C=O) groups is 2. The molecule has 19 heavy (non-hydrogen) atoms. The Morgan fingerprint density at radius 2 is 2.05 bits per heavy atom. The zero-order valence-electron chi connectivity index (χ0n) is 11.4. The van der Waals surface area contributed by atoms with Crippen LogP contribution in [0.3, 0.4) is 0 Å². The van der Waals surface area contributed by atoms with E-state index in [0.29, 0.717) is 12.2 Å². The van der Waals surface area contributed by atoms with Crippen molar-refractivity contribution in [2.45, 2.75) is 27.2 Å². The number of aromatic hydroxyl groups is 1. The second-order valence-corrected chi connectivity index (χ2v) is 4.19. The van der Waals surface area contributed by atoms with E-state index in [9.17, 15) is 14.7 Å². The van der Waals surface area contributed by atoms with Gasteiger partial charge in [0.2, 0.25) is 0 Å². The molecule has 4 nitrogen and oxygen atoms in total. The van der Waals surface area contributed by atoms with E-state index in [1.54, 1.807) is 25.1 Å². The van der Waals surface area contributed by atoms with Gasteiger partial charge in [-0.1, -0.05) is 12.2 Å². The summed E-state index contributed by atoms with van der Waals surface area (Å²) in [5, 5.41) is 9.73. The van der Waals surface area contributed by atoms with Crippen LogP contribution in [0.1, 0.15) is 41.8 Å². The van der Waals surface area contributed by atoms with Gasteiger partial charge in [-0.2, -0.15) is 0 Å². The van der Waals surface area contributed by atoms with Gasteiger partial charge in [0.1, 0.15) is 5.75 Å². The standard InChI is InChI=1S/C15H18O4/c1-4-19-15(18)7-5-6-12-9-14(17)13(11(3)16)8-10(12)2/h5-6,8-9,17H,4,7H2,1-3H3. The fourth-order valence-electron chi connectivity index (χ4n) is 1.68. The number of ether oxygens (including phenoxy) is 1. The van der Waals surface area contributed by atoms with Gasteiger partial charge in [0.25, 0.3) is 0 Å². The van der Waals surface area contributed by atoms with Gasteiger partial charge < -0.3 is 9.84 Å². The molecule has 0 radical (unpaired) electrons. The molecule has 1 aromatic carbocycles. The molecule has 0 spiro atoms. The molecule has 0 saturated heterocycles. The first-order valence-corrected chi connectivity index (χ1v) is 6.12. The molecule has 0 heterocycles. The van der Waals surface area contributed by atoms with Crippen LogP contribution in [0.2, 0.25) is 0 Å². The lowest BCUT2D eigenvalue weighted by Gasteiger charge is -2.06. The minimum Gasteiger partial charge on any atom is -0.507 e. The number of hydrogen-bond acceptors (Lipinski definition) is 4. The lowest BCUT2D eigenvalue weighted by atomic mass is 10.0. The van der Waals surface area contributed by atoms with Crippen molar-refractivity contribution in [2.24, 2.45) is 0 Å². The molecule has 1 N–H and O–H groups in total. The van der Waals surface area contributed by atoms with Crippen molar-refractivity contribution in [3.05, 3.63) is 34.9 Å². The Morgan fingerprint density at radius 3 is 2.63 bits per heavy atom. The number of aryl methyl sites for hydroxylation is 1. The zero-order chi connectivity index (χ0) is 14.4. The SMILES string of the molecule is CCOC(=O)CC=Cc1cc(O)c(C(C)=O)cc1C. The predicted octanol–water partition coefficient (Wildman–Crippen LogP) is 2.87. The molecule has 4 heteroatoms. The number of phenolic OH excluding ortho intramolecular Hbond substituents is 1. The number of phenols is 1. The van der Waals surface area contributed by atoms with Gasteiger partial charge >= 0.3 is 5.97 Å². The fraction of sp³-hybridized carbons (Fsp3) is 0.333. The Kier molecular flexibility index (Phi) is 5.30. The van der Waals surface area contributed by atoms with Gasteiger partial charge in [-0.15, -0.1) is 0 Å². The summed E-state index contributed by atoms with van der Waals surface area (Å²) < 4.78 is 4.80.